The van der Waals surface area contributed by atoms with Gasteiger partial charge in [0.15, 0.2) is 0 Å². The summed E-state index contributed by atoms with van der Waals surface area (Å²) >= 11 is 6.30. The van der Waals surface area contributed by atoms with Gasteiger partial charge < -0.3 is 5.32 Å². The van der Waals surface area contributed by atoms with Gasteiger partial charge in [-0.05, 0) is 36.8 Å². The lowest BCUT2D eigenvalue weighted by Crippen LogP contribution is -2.58. The molecule has 1 heterocycles. The van der Waals surface area contributed by atoms with Crippen molar-refractivity contribution >= 4 is 11.6 Å². The predicted molar refractivity (Wildman–Crippen MR) is 72.4 cm³/mol. The van der Waals surface area contributed by atoms with E-state index in [2.05, 4.69) is 17.4 Å². The molecule has 0 spiro atoms. The van der Waals surface area contributed by atoms with Crippen LogP contribution in [-0.2, 0) is 6.42 Å². The molecule has 3 rings (SSSR count). The molecule has 92 valence electrons. The van der Waals surface area contributed by atoms with Gasteiger partial charge in [-0.3, -0.25) is 0 Å². The van der Waals surface area contributed by atoms with Crippen LogP contribution in [0.15, 0.2) is 24.3 Å². The Kier molecular flexibility index (Phi) is 3.14. The predicted octanol–water partition coefficient (Wildman–Crippen LogP) is 3.66. The van der Waals surface area contributed by atoms with Crippen LogP contribution in [0, 0.1) is 11.3 Å². The summed E-state index contributed by atoms with van der Waals surface area (Å²) < 4.78 is 0. The molecule has 0 bridgehead atoms. The van der Waals surface area contributed by atoms with Crippen LogP contribution in [0.5, 0.6) is 0 Å². The van der Waals surface area contributed by atoms with E-state index in [0.717, 1.165) is 17.4 Å². The molecule has 1 aliphatic heterocycles. The Hall–Kier alpha value is -0.530. The average molecular weight is 250 g/mol. The van der Waals surface area contributed by atoms with Crippen molar-refractivity contribution in [3.05, 3.63) is 34.9 Å². The summed E-state index contributed by atoms with van der Waals surface area (Å²) in [4.78, 5) is 0. The molecule has 1 aliphatic carbocycles. The van der Waals surface area contributed by atoms with E-state index < -0.39 is 0 Å². The van der Waals surface area contributed by atoms with Crippen LogP contribution in [0.25, 0.3) is 0 Å². The molecule has 1 nitrogen and oxygen atoms in total. The highest BCUT2D eigenvalue weighted by Gasteiger charge is 2.44. The molecule has 1 N–H and O–H groups in total. The number of halogens is 1. The smallest absolute Gasteiger partial charge is 0.0438 e. The third kappa shape index (κ3) is 2.11. The van der Waals surface area contributed by atoms with Gasteiger partial charge in [0.25, 0.3) is 0 Å². The van der Waals surface area contributed by atoms with Crippen molar-refractivity contribution in [3.63, 3.8) is 0 Å². The van der Waals surface area contributed by atoms with E-state index in [9.17, 15) is 0 Å². The molecule has 0 aromatic heterocycles. The zero-order chi connectivity index (χ0) is 11.7. The van der Waals surface area contributed by atoms with Crippen LogP contribution in [0.1, 0.15) is 31.2 Å². The van der Waals surface area contributed by atoms with Gasteiger partial charge in [0.05, 0.1) is 0 Å². The zero-order valence-corrected chi connectivity index (χ0v) is 11.0. The maximum Gasteiger partial charge on any atom is 0.0438 e. The van der Waals surface area contributed by atoms with Gasteiger partial charge in [-0.2, -0.15) is 0 Å². The molecule has 0 amide bonds. The summed E-state index contributed by atoms with van der Waals surface area (Å²) in [6.07, 6.45) is 6.85. The molecular formula is C15H20ClN. The maximum absolute atomic E-state index is 6.30. The molecule has 1 saturated heterocycles. The van der Waals surface area contributed by atoms with Crippen molar-refractivity contribution in [2.75, 3.05) is 13.1 Å². The molecular weight excluding hydrogens is 230 g/mol. The first kappa shape index (κ1) is 11.6. The van der Waals surface area contributed by atoms with E-state index in [1.54, 1.807) is 0 Å². The summed E-state index contributed by atoms with van der Waals surface area (Å²) in [5.41, 5.74) is 1.84. The molecule has 17 heavy (non-hydrogen) atoms. The Bertz CT molecular complexity index is 392. The van der Waals surface area contributed by atoms with E-state index in [4.69, 9.17) is 11.6 Å². The molecule has 0 unspecified atom stereocenters. The molecule has 1 saturated carbocycles. The van der Waals surface area contributed by atoms with Crippen molar-refractivity contribution < 1.29 is 0 Å². The third-order valence-corrected chi connectivity index (χ3v) is 5.04. The minimum atomic E-state index is 0.501. The SMILES string of the molecule is Clc1ccccc1CC1(C2CCCC2)CNC1. The van der Waals surface area contributed by atoms with Crippen LogP contribution in [0.3, 0.4) is 0 Å². The van der Waals surface area contributed by atoms with Crippen molar-refractivity contribution in [1.29, 1.82) is 0 Å². The molecule has 1 aromatic rings. The quantitative estimate of drug-likeness (QED) is 0.862. The Morgan fingerprint density at radius 2 is 1.88 bits per heavy atom. The number of hydrogen-bond donors (Lipinski definition) is 1. The fourth-order valence-corrected chi connectivity index (χ4v) is 3.77. The molecule has 2 aliphatic rings. The normalized spacial score (nSPS) is 23.6. The summed E-state index contributed by atoms with van der Waals surface area (Å²) in [6, 6.07) is 8.34. The topological polar surface area (TPSA) is 12.0 Å². The van der Waals surface area contributed by atoms with Crippen molar-refractivity contribution in [3.8, 4) is 0 Å². The second-order valence-electron chi connectivity index (χ2n) is 5.72. The first-order valence-corrected chi connectivity index (χ1v) is 7.12. The van der Waals surface area contributed by atoms with Crippen LogP contribution in [-0.4, -0.2) is 13.1 Å². The lowest BCUT2D eigenvalue weighted by atomic mass is 9.66. The lowest BCUT2D eigenvalue weighted by molar-refractivity contribution is 0.0812. The van der Waals surface area contributed by atoms with E-state index >= 15 is 0 Å². The first-order valence-electron chi connectivity index (χ1n) is 6.74. The highest BCUT2D eigenvalue weighted by molar-refractivity contribution is 6.31. The van der Waals surface area contributed by atoms with Gasteiger partial charge in [-0.1, -0.05) is 42.6 Å². The average Bonchev–Trinajstić information content (AvgIpc) is 2.79. The van der Waals surface area contributed by atoms with Crippen molar-refractivity contribution in [2.24, 2.45) is 11.3 Å². The van der Waals surface area contributed by atoms with Crippen molar-refractivity contribution in [1.82, 2.24) is 5.32 Å². The van der Waals surface area contributed by atoms with E-state index in [1.807, 2.05) is 12.1 Å². The van der Waals surface area contributed by atoms with Gasteiger partial charge in [-0.25, -0.2) is 0 Å². The van der Waals surface area contributed by atoms with E-state index in [1.165, 1.54) is 44.3 Å². The largest absolute Gasteiger partial charge is 0.315 e. The molecule has 0 atom stereocenters. The molecule has 2 heteroatoms. The number of benzene rings is 1. The van der Waals surface area contributed by atoms with Crippen LogP contribution < -0.4 is 5.32 Å². The fraction of sp³-hybridized carbons (Fsp3) is 0.600. The Balaban J connectivity index is 1.80. The monoisotopic (exact) mass is 249 g/mol. The van der Waals surface area contributed by atoms with Crippen LogP contribution >= 0.6 is 11.6 Å². The summed E-state index contributed by atoms with van der Waals surface area (Å²) in [5.74, 6) is 0.917. The first-order chi connectivity index (χ1) is 8.30. The Morgan fingerprint density at radius 1 is 1.18 bits per heavy atom. The van der Waals surface area contributed by atoms with Gasteiger partial charge in [0, 0.05) is 23.5 Å². The standard InChI is InChI=1S/C15H20ClN/c16-14-8-4-1-5-12(14)9-15(10-17-11-15)13-6-2-3-7-13/h1,4-5,8,13,17H,2-3,6-7,9-11H2. The second-order valence-corrected chi connectivity index (χ2v) is 6.12. The highest BCUT2D eigenvalue weighted by Crippen LogP contribution is 2.45. The van der Waals surface area contributed by atoms with E-state index in [0.29, 0.717) is 5.41 Å². The minimum absolute atomic E-state index is 0.501. The van der Waals surface area contributed by atoms with Crippen molar-refractivity contribution in [2.45, 2.75) is 32.1 Å². The number of hydrogen-bond acceptors (Lipinski definition) is 1. The lowest BCUT2D eigenvalue weighted by Gasteiger charge is -2.48. The van der Waals surface area contributed by atoms with Crippen LogP contribution in [0.2, 0.25) is 5.02 Å². The number of rotatable bonds is 3. The Labute approximate surface area is 109 Å². The summed E-state index contributed by atoms with van der Waals surface area (Å²) in [6.45, 7) is 2.37. The third-order valence-electron chi connectivity index (χ3n) is 4.68. The van der Waals surface area contributed by atoms with Gasteiger partial charge in [-0.15, -0.1) is 0 Å². The van der Waals surface area contributed by atoms with Gasteiger partial charge in [0.1, 0.15) is 0 Å². The zero-order valence-electron chi connectivity index (χ0n) is 10.2. The maximum atomic E-state index is 6.30. The number of nitrogens with one attached hydrogen (secondary N) is 1. The van der Waals surface area contributed by atoms with Crippen LogP contribution in [0.4, 0.5) is 0 Å². The highest BCUT2D eigenvalue weighted by atomic mass is 35.5. The Morgan fingerprint density at radius 3 is 2.47 bits per heavy atom. The summed E-state index contributed by atoms with van der Waals surface area (Å²) in [7, 11) is 0. The summed E-state index contributed by atoms with van der Waals surface area (Å²) in [5, 5.41) is 4.42. The van der Waals surface area contributed by atoms with E-state index in [-0.39, 0.29) is 0 Å². The molecule has 0 radical (unpaired) electrons. The minimum Gasteiger partial charge on any atom is -0.315 e. The fourth-order valence-electron chi connectivity index (χ4n) is 3.56. The van der Waals surface area contributed by atoms with Gasteiger partial charge in [0.2, 0.25) is 0 Å². The van der Waals surface area contributed by atoms with Gasteiger partial charge >= 0.3 is 0 Å². The molecule has 1 aromatic carbocycles. The second kappa shape index (κ2) is 4.62. The molecule has 2 fully saturated rings.